The van der Waals surface area contributed by atoms with Crippen LogP contribution < -0.4 is 19.7 Å². The van der Waals surface area contributed by atoms with Gasteiger partial charge < -0.3 is 14.8 Å². The van der Waals surface area contributed by atoms with E-state index in [1.165, 1.54) is 38.5 Å². The third-order valence-electron chi connectivity index (χ3n) is 5.18. The predicted molar refractivity (Wildman–Crippen MR) is 120 cm³/mol. The molecule has 0 fully saturated rings. The minimum atomic E-state index is -0.554. The van der Waals surface area contributed by atoms with Crippen molar-refractivity contribution in [2.75, 3.05) is 24.4 Å². The second kappa shape index (κ2) is 8.55. The molecule has 1 heterocycles. The number of hydrogen-bond donors (Lipinski definition) is 1. The number of carbonyl (C=O) groups excluding carboxylic acids is 2. The van der Waals surface area contributed by atoms with Gasteiger partial charge in [-0.15, -0.1) is 0 Å². The van der Waals surface area contributed by atoms with Crippen molar-refractivity contribution in [1.29, 1.82) is 0 Å². The van der Waals surface area contributed by atoms with Crippen LogP contribution in [0, 0.1) is 12.7 Å². The second-order valence-electron chi connectivity index (χ2n) is 7.23. The second-order valence-corrected chi connectivity index (χ2v) is 7.23. The summed E-state index contributed by atoms with van der Waals surface area (Å²) >= 11 is 0. The highest BCUT2D eigenvalue weighted by Crippen LogP contribution is 2.37. The van der Waals surface area contributed by atoms with Crippen molar-refractivity contribution in [2.24, 2.45) is 0 Å². The molecule has 1 aliphatic rings. The van der Waals surface area contributed by atoms with Crippen molar-refractivity contribution >= 4 is 28.8 Å². The summed E-state index contributed by atoms with van der Waals surface area (Å²) in [5.74, 6) is -0.490. The van der Waals surface area contributed by atoms with Gasteiger partial charge in [0, 0.05) is 6.07 Å². The number of anilines is 2. The van der Waals surface area contributed by atoms with Crippen molar-refractivity contribution in [3.63, 3.8) is 0 Å². The van der Waals surface area contributed by atoms with Crippen LogP contribution in [0.15, 0.2) is 72.4 Å². The van der Waals surface area contributed by atoms with Crippen LogP contribution in [0.5, 0.6) is 11.5 Å². The molecule has 6 nitrogen and oxygen atoms in total. The van der Waals surface area contributed by atoms with Gasteiger partial charge in [-0.2, -0.15) is 0 Å². The first-order valence-corrected chi connectivity index (χ1v) is 9.87. The van der Waals surface area contributed by atoms with Gasteiger partial charge in [-0.1, -0.05) is 29.8 Å². The highest BCUT2D eigenvalue weighted by molar-refractivity contribution is 6.46. The van der Waals surface area contributed by atoms with E-state index >= 15 is 0 Å². The van der Waals surface area contributed by atoms with E-state index in [0.717, 1.165) is 10.5 Å². The summed E-state index contributed by atoms with van der Waals surface area (Å²) in [7, 11) is 3.04. The first-order valence-electron chi connectivity index (χ1n) is 9.87. The first kappa shape index (κ1) is 21.1. The van der Waals surface area contributed by atoms with E-state index < -0.39 is 17.6 Å². The zero-order valence-corrected chi connectivity index (χ0v) is 17.8. The summed E-state index contributed by atoms with van der Waals surface area (Å²) < 4.78 is 24.1. The maximum Gasteiger partial charge on any atom is 0.282 e. The molecule has 0 unspecified atom stereocenters. The number of benzene rings is 3. The molecule has 3 aromatic carbocycles. The number of aryl methyl sites for hydroxylation is 1. The minimum Gasteiger partial charge on any atom is -0.497 e. The molecule has 1 N–H and O–H groups in total. The van der Waals surface area contributed by atoms with Gasteiger partial charge in [-0.3, -0.25) is 9.59 Å². The molecule has 0 saturated heterocycles. The van der Waals surface area contributed by atoms with Crippen LogP contribution in [0.2, 0.25) is 0 Å². The highest BCUT2D eigenvalue weighted by Gasteiger charge is 2.40. The van der Waals surface area contributed by atoms with Crippen molar-refractivity contribution < 1.29 is 23.5 Å². The van der Waals surface area contributed by atoms with E-state index in [2.05, 4.69) is 5.32 Å². The van der Waals surface area contributed by atoms with Gasteiger partial charge in [0.15, 0.2) is 0 Å². The lowest BCUT2D eigenvalue weighted by molar-refractivity contribution is -0.120. The van der Waals surface area contributed by atoms with Crippen LogP contribution in [0.3, 0.4) is 0 Å². The number of hydrogen-bond acceptors (Lipinski definition) is 5. The molecule has 0 bridgehead atoms. The zero-order valence-electron chi connectivity index (χ0n) is 17.8. The molecular formula is C25H21FN2O4. The highest BCUT2D eigenvalue weighted by atomic mass is 19.1. The molecule has 0 aliphatic carbocycles. The number of imide groups is 1. The Morgan fingerprint density at radius 1 is 0.844 bits per heavy atom. The summed E-state index contributed by atoms with van der Waals surface area (Å²) in [5.41, 5.74) is 2.65. The fraction of sp³-hybridized carbons (Fsp3) is 0.120. The number of amides is 2. The van der Waals surface area contributed by atoms with E-state index in [1.807, 2.05) is 19.1 Å². The third-order valence-corrected chi connectivity index (χ3v) is 5.18. The van der Waals surface area contributed by atoms with Gasteiger partial charge in [0.05, 0.1) is 31.2 Å². The molecule has 4 rings (SSSR count). The Balaban J connectivity index is 1.84. The quantitative estimate of drug-likeness (QED) is 0.579. The van der Waals surface area contributed by atoms with Crippen LogP contribution in [0.25, 0.3) is 5.57 Å². The third kappa shape index (κ3) is 3.80. The average Bonchev–Trinajstić information content (AvgIpc) is 3.04. The maximum atomic E-state index is 13.4. The molecule has 0 saturated carbocycles. The molecule has 0 spiro atoms. The number of carbonyl (C=O) groups is 2. The predicted octanol–water partition coefficient (Wildman–Crippen LogP) is 4.55. The van der Waals surface area contributed by atoms with Crippen LogP contribution in [0.4, 0.5) is 15.8 Å². The van der Waals surface area contributed by atoms with Crippen LogP contribution in [0.1, 0.15) is 11.1 Å². The number of rotatable bonds is 6. The van der Waals surface area contributed by atoms with Crippen molar-refractivity contribution in [1.82, 2.24) is 0 Å². The van der Waals surface area contributed by atoms with Gasteiger partial charge in [0.25, 0.3) is 11.8 Å². The summed E-state index contributed by atoms with van der Waals surface area (Å²) in [6.07, 6.45) is 0. The average molecular weight is 432 g/mol. The SMILES string of the molecule is COc1ccc(OC)c(NC2=C(c3ccc(C)cc3)C(=O)N(c3ccc(F)cc3)C2=O)c1. The number of nitrogens with zero attached hydrogens (tertiary/aromatic N) is 1. The monoisotopic (exact) mass is 432 g/mol. The smallest absolute Gasteiger partial charge is 0.282 e. The fourth-order valence-corrected chi connectivity index (χ4v) is 3.50. The zero-order chi connectivity index (χ0) is 22.8. The van der Waals surface area contributed by atoms with E-state index in [4.69, 9.17) is 9.47 Å². The van der Waals surface area contributed by atoms with Crippen molar-refractivity contribution in [2.45, 2.75) is 6.92 Å². The summed E-state index contributed by atoms with van der Waals surface area (Å²) in [4.78, 5) is 27.9. The number of halogens is 1. The van der Waals surface area contributed by atoms with E-state index in [0.29, 0.717) is 22.7 Å². The van der Waals surface area contributed by atoms with Crippen LogP contribution in [-0.4, -0.2) is 26.0 Å². The Kier molecular flexibility index (Phi) is 5.64. The molecular weight excluding hydrogens is 411 g/mol. The summed E-state index contributed by atoms with van der Waals surface area (Å²) in [6, 6.07) is 17.6. The van der Waals surface area contributed by atoms with E-state index in [-0.39, 0.29) is 17.0 Å². The van der Waals surface area contributed by atoms with Crippen LogP contribution in [-0.2, 0) is 9.59 Å². The standard InChI is InChI=1S/C25H21FN2O4/c1-15-4-6-16(7-5-15)22-23(27-20-14-19(31-2)12-13-21(20)32-3)25(30)28(24(22)29)18-10-8-17(26)9-11-18/h4-14,27H,1-3H3. The topological polar surface area (TPSA) is 67.9 Å². The van der Waals surface area contributed by atoms with E-state index in [9.17, 15) is 14.0 Å². The Morgan fingerprint density at radius 2 is 1.53 bits per heavy atom. The van der Waals surface area contributed by atoms with Crippen LogP contribution >= 0.6 is 0 Å². The Labute approximate surface area is 184 Å². The molecule has 0 aromatic heterocycles. The molecule has 0 atom stereocenters. The normalized spacial score (nSPS) is 13.6. The molecule has 32 heavy (non-hydrogen) atoms. The van der Waals surface area contributed by atoms with Gasteiger partial charge in [-0.05, 0) is 48.9 Å². The molecule has 2 amide bonds. The van der Waals surface area contributed by atoms with Crippen molar-refractivity contribution in [3.05, 3.63) is 89.4 Å². The number of nitrogens with one attached hydrogen (secondary N) is 1. The largest absolute Gasteiger partial charge is 0.497 e. The summed E-state index contributed by atoms with van der Waals surface area (Å²) in [6.45, 7) is 1.94. The lowest BCUT2D eigenvalue weighted by Crippen LogP contribution is -2.32. The fourth-order valence-electron chi connectivity index (χ4n) is 3.50. The molecule has 0 radical (unpaired) electrons. The molecule has 7 heteroatoms. The van der Waals surface area contributed by atoms with Crippen molar-refractivity contribution in [3.8, 4) is 11.5 Å². The Hall–Kier alpha value is -4.13. The molecule has 1 aliphatic heterocycles. The minimum absolute atomic E-state index is 0.0923. The van der Waals surface area contributed by atoms with Gasteiger partial charge >= 0.3 is 0 Å². The maximum absolute atomic E-state index is 13.4. The van der Waals surface area contributed by atoms with Gasteiger partial charge in [-0.25, -0.2) is 9.29 Å². The van der Waals surface area contributed by atoms with Gasteiger partial charge in [0.2, 0.25) is 0 Å². The molecule has 3 aromatic rings. The first-order chi connectivity index (χ1) is 15.4. The summed E-state index contributed by atoms with van der Waals surface area (Å²) in [5, 5.41) is 3.08. The Morgan fingerprint density at radius 3 is 2.16 bits per heavy atom. The lowest BCUT2D eigenvalue weighted by Gasteiger charge is -2.16. The Bertz CT molecular complexity index is 1220. The molecule has 162 valence electrons. The number of methoxy groups -OCH3 is 2. The number of ether oxygens (including phenoxy) is 2. The van der Waals surface area contributed by atoms with E-state index in [1.54, 1.807) is 30.3 Å². The van der Waals surface area contributed by atoms with Gasteiger partial charge in [0.1, 0.15) is 23.0 Å². The lowest BCUT2D eigenvalue weighted by atomic mass is 10.0.